The Morgan fingerprint density at radius 2 is 1.21 bits per heavy atom. The number of amides is 6. The van der Waals surface area contributed by atoms with E-state index in [4.69, 9.17) is 39.9 Å². The quantitative estimate of drug-likeness (QED) is 0.0581. The Kier molecular flexibility index (Phi) is 25.0. The average molecular weight is 1350 g/mol. The Bertz CT molecular complexity index is 3050. The fraction of sp³-hybridized carbons (Fsp3) is 0.632. The lowest BCUT2D eigenvalue weighted by Gasteiger charge is -2.46. The van der Waals surface area contributed by atoms with E-state index >= 15 is 9.59 Å². The van der Waals surface area contributed by atoms with Crippen LogP contribution in [0.5, 0.6) is 5.75 Å². The van der Waals surface area contributed by atoms with Crippen molar-refractivity contribution in [3.63, 3.8) is 0 Å². The Labute approximate surface area is 540 Å². The van der Waals surface area contributed by atoms with Crippen molar-refractivity contribution in [3.8, 4) is 5.75 Å². The van der Waals surface area contributed by atoms with Crippen molar-refractivity contribution in [3.05, 3.63) is 65.7 Å². The predicted molar refractivity (Wildman–Crippen MR) is 317 cm³/mol. The van der Waals surface area contributed by atoms with E-state index in [1.54, 1.807) is 19.9 Å². The summed E-state index contributed by atoms with van der Waals surface area (Å²) in [6, 6.07) is -0.119. The van der Waals surface area contributed by atoms with E-state index in [0.29, 0.717) is 0 Å². The highest BCUT2D eigenvalue weighted by molar-refractivity contribution is 5.98. The Morgan fingerprint density at radius 3 is 1.84 bits per heavy atom. The third-order valence-corrected chi connectivity index (χ3v) is 16.6. The van der Waals surface area contributed by atoms with E-state index in [2.05, 4.69) is 47.2 Å². The second-order valence-corrected chi connectivity index (χ2v) is 23.8. The highest BCUT2D eigenvalue weighted by Crippen LogP contribution is 2.33. The number of benzene rings is 2. The number of aliphatic imine (C=N–C) groups is 2. The summed E-state index contributed by atoms with van der Waals surface area (Å²) in [4.78, 5) is 108. The van der Waals surface area contributed by atoms with Gasteiger partial charge in [0.05, 0.1) is 58.1 Å². The van der Waals surface area contributed by atoms with Gasteiger partial charge in [0.1, 0.15) is 115 Å². The first-order valence-corrected chi connectivity index (χ1v) is 30.3. The lowest BCUT2D eigenvalue weighted by Crippen LogP contribution is -2.70. The zero-order valence-corrected chi connectivity index (χ0v) is 51.1. The zero-order chi connectivity index (χ0) is 69.3. The van der Waals surface area contributed by atoms with Crippen LogP contribution in [0.15, 0.2) is 64.6 Å². The minimum absolute atomic E-state index is 0.0893. The maximum absolute atomic E-state index is 15.1. The molecule has 2 aromatic rings. The number of esters is 1. The summed E-state index contributed by atoms with van der Waals surface area (Å²) in [7, 11) is 0. The smallest absolute Gasteiger partial charge is 0.306 e. The minimum atomic E-state index is -2.35. The molecule has 0 radical (unpaired) electrons. The normalized spacial score (nSPS) is 36.1. The van der Waals surface area contributed by atoms with Gasteiger partial charge in [-0.05, 0) is 29.2 Å². The van der Waals surface area contributed by atoms with Gasteiger partial charge in [0.15, 0.2) is 30.5 Å². The number of nitrogens with one attached hydrogen (secondary N) is 7. The average Bonchev–Trinajstić information content (AvgIpc) is 1.88. The molecule has 6 amide bonds. The zero-order valence-electron chi connectivity index (χ0n) is 51.1. The molecule has 24 N–H and O–H groups in total. The van der Waals surface area contributed by atoms with Crippen LogP contribution in [0.25, 0.3) is 0 Å². The summed E-state index contributed by atoms with van der Waals surface area (Å²) in [6.45, 7) is -2.20. The number of carbonyl (C=O) groups is 7. The first kappa shape index (κ1) is 73.2. The van der Waals surface area contributed by atoms with Crippen LogP contribution in [0.4, 0.5) is 0 Å². The molecule has 4 unspecified atom stereocenters. The van der Waals surface area contributed by atoms with Crippen LogP contribution in [0.3, 0.4) is 0 Å². The van der Waals surface area contributed by atoms with E-state index < -0.39 is 240 Å². The van der Waals surface area contributed by atoms with E-state index in [0.717, 1.165) is 4.90 Å². The standard InChI is InChI=1S/C57H82N12O26/c1-21(2)12-33(75)94-47-42(81)40(79)30(19-72)92-55(47)95-46-31(20-73)93-54(45(84)43(46)82)90-24-10-8-22(9-11-24)13-25-49(86)67-35(37(76)26-14-61-56(58)65-26)52(89)68-36(38(77)28-15-62-57(59)69(28)53-44(83)41(80)39(78)29(18-71)91-53)51(88)64-27(17-70)48(85)60-16-32(74)66-34(50(87)63-25)23-6-4-3-5-7-23/h3-11,21,25-31,34-47,53-55,70-73,76-84H,12-20H2,1-2H3,(H2,59,62)(H,60,85)(H,63,87)(H,64,88)(H,66,74)(H,67,86)(H,68,89)(H3,58,61,65)/t25-,26?,27+,28?,29-,30-,31-,34+,35+,36-,37?,38?,39-,40-,41+,42+,43-,44+,45+,46-,47+,53+,54+,55-/m1/s1. The second-order valence-electron chi connectivity index (χ2n) is 23.8. The molecular formula is C57H82N12O26. The molecule has 95 heavy (non-hydrogen) atoms. The molecular weight excluding hydrogens is 1270 g/mol. The SMILES string of the molecule is CC(C)CC(=O)O[C@@H]1[C@@H](O[C@H]2[C@H](O)[C@H](O)[C@@H](Oc3ccc(C[C@H]4NC(=O)[C@H](c5ccccc5)NC(=O)CNC(=O)[C@H](CO)NC(=O)[C@@H](C(O)C5CN=C(N)N5[C@H]5O[C@H](CO)[C@@H](O)[C@H](O)[C@@H]5O)NC(=O)[C@H](C(O)C5CN=C(N)N5)NC4=O)cc3)O[C@@H]2CO)O[C@H](CO)[C@@H](O)[C@@H]1O. The number of nitrogens with two attached hydrogens (primary N) is 2. The topological polar surface area (TPSA) is 602 Å². The maximum Gasteiger partial charge on any atom is 0.306 e. The molecule has 2 aromatic carbocycles. The highest BCUT2D eigenvalue weighted by Gasteiger charge is 2.55. The van der Waals surface area contributed by atoms with E-state index in [1.165, 1.54) is 48.5 Å². The molecule has 6 heterocycles. The van der Waals surface area contributed by atoms with Crippen molar-refractivity contribution in [2.24, 2.45) is 27.4 Å². The summed E-state index contributed by atoms with van der Waals surface area (Å²) in [6.07, 6.45) is -32.0. The number of guanidine groups is 2. The second kappa shape index (κ2) is 32.4. The van der Waals surface area contributed by atoms with Gasteiger partial charge in [-0.15, -0.1) is 0 Å². The molecule has 8 rings (SSSR count). The van der Waals surface area contributed by atoms with Gasteiger partial charge < -0.3 is 148 Å². The molecule has 24 atom stereocenters. The van der Waals surface area contributed by atoms with Crippen molar-refractivity contribution < 1.29 is 128 Å². The summed E-state index contributed by atoms with van der Waals surface area (Å²) < 4.78 is 34.4. The lowest BCUT2D eigenvalue weighted by atomic mass is 9.95. The molecule has 6 aliphatic heterocycles. The van der Waals surface area contributed by atoms with Gasteiger partial charge in [-0.1, -0.05) is 56.3 Å². The fourth-order valence-corrected chi connectivity index (χ4v) is 11.4. The first-order valence-electron chi connectivity index (χ1n) is 30.3. The molecule has 4 saturated heterocycles. The number of nitrogens with zero attached hydrogens (tertiary/aromatic N) is 3. The Balaban J connectivity index is 1.08. The van der Waals surface area contributed by atoms with Crippen LogP contribution >= 0.6 is 0 Å². The molecule has 38 nitrogen and oxygen atoms in total. The van der Waals surface area contributed by atoms with Crippen molar-refractivity contribution in [1.29, 1.82) is 0 Å². The van der Waals surface area contributed by atoms with Crippen LogP contribution in [0, 0.1) is 5.92 Å². The van der Waals surface area contributed by atoms with Gasteiger partial charge in [0, 0.05) is 12.8 Å². The number of hydrogen-bond acceptors (Lipinski definition) is 32. The molecule has 0 aromatic heterocycles. The number of aliphatic hydroxyl groups excluding tert-OH is 13. The molecule has 0 aliphatic carbocycles. The summed E-state index contributed by atoms with van der Waals surface area (Å²) in [5.41, 5.74) is 12.4. The van der Waals surface area contributed by atoms with Crippen LogP contribution in [0.2, 0.25) is 0 Å². The molecule has 38 heteroatoms. The van der Waals surface area contributed by atoms with Gasteiger partial charge >= 0.3 is 5.97 Å². The minimum Gasteiger partial charge on any atom is -0.462 e. The fourth-order valence-electron chi connectivity index (χ4n) is 11.4. The molecule has 6 aliphatic rings. The van der Waals surface area contributed by atoms with E-state index in [-0.39, 0.29) is 41.7 Å². The number of rotatable bonds is 19. The largest absolute Gasteiger partial charge is 0.462 e. The van der Waals surface area contributed by atoms with Gasteiger partial charge in [-0.3, -0.25) is 43.5 Å². The third kappa shape index (κ3) is 17.2. The maximum atomic E-state index is 15.1. The number of aliphatic hydroxyl groups is 13. The number of hydrogen-bond donors (Lipinski definition) is 22. The van der Waals surface area contributed by atoms with Gasteiger partial charge in [0.2, 0.25) is 41.7 Å². The lowest BCUT2D eigenvalue weighted by molar-refractivity contribution is -0.353. The van der Waals surface area contributed by atoms with Crippen molar-refractivity contribution >= 4 is 53.3 Å². The molecule has 0 spiro atoms. The van der Waals surface area contributed by atoms with Gasteiger partial charge in [0.25, 0.3) is 0 Å². The van der Waals surface area contributed by atoms with Crippen LogP contribution in [-0.2, 0) is 63.7 Å². The van der Waals surface area contributed by atoms with Crippen molar-refractivity contribution in [1.82, 2.24) is 42.1 Å². The van der Waals surface area contributed by atoms with Crippen LogP contribution in [-0.4, -0.2) is 311 Å². The monoisotopic (exact) mass is 1350 g/mol. The number of carbonyl (C=O) groups excluding carboxylic acids is 7. The predicted octanol–water partition coefficient (Wildman–Crippen LogP) is -12.4. The third-order valence-electron chi connectivity index (χ3n) is 16.6. The Morgan fingerprint density at radius 1 is 0.611 bits per heavy atom. The summed E-state index contributed by atoms with van der Waals surface area (Å²) in [5, 5.41) is 159. The van der Waals surface area contributed by atoms with E-state index in [1.807, 2.05) is 0 Å². The van der Waals surface area contributed by atoms with Crippen LogP contribution in [0.1, 0.15) is 37.4 Å². The van der Waals surface area contributed by atoms with Crippen molar-refractivity contribution in [2.75, 3.05) is 46.1 Å². The molecule has 4 fully saturated rings. The first-order chi connectivity index (χ1) is 45.2. The Hall–Kier alpha value is -7.61. The molecule has 0 saturated carbocycles. The number of ether oxygens (including phenoxy) is 6. The summed E-state index contributed by atoms with van der Waals surface area (Å²) in [5.74, 6) is -9.27. The molecule has 0 bridgehead atoms. The van der Waals surface area contributed by atoms with E-state index in [9.17, 15) is 90.4 Å². The van der Waals surface area contributed by atoms with Crippen molar-refractivity contribution in [2.45, 2.75) is 173 Å². The van der Waals surface area contributed by atoms with Gasteiger partial charge in [-0.25, -0.2) is 0 Å². The van der Waals surface area contributed by atoms with Crippen LogP contribution < -0.4 is 53.4 Å². The summed E-state index contributed by atoms with van der Waals surface area (Å²) >= 11 is 0. The highest BCUT2D eigenvalue weighted by atomic mass is 16.7. The molecule has 526 valence electrons. The van der Waals surface area contributed by atoms with Gasteiger partial charge in [-0.2, -0.15) is 0 Å².